The number of esters is 1. The molecule has 0 heterocycles. The van der Waals surface area contributed by atoms with Crippen LogP contribution in [0.1, 0.15) is 13.3 Å². The summed E-state index contributed by atoms with van der Waals surface area (Å²) in [4.78, 5) is 21.8. The Hall–Kier alpha value is -1.56. The summed E-state index contributed by atoms with van der Waals surface area (Å²) in [6, 6.07) is 0. The summed E-state index contributed by atoms with van der Waals surface area (Å²) in [5.41, 5.74) is -0.813. The Labute approximate surface area is 100 Å². The number of aliphatic hydroxyl groups excluding tert-OH is 1. The summed E-state index contributed by atoms with van der Waals surface area (Å²) in [6.07, 6.45) is 0.662. The van der Waals surface area contributed by atoms with Crippen LogP contribution in [-0.2, 0) is 19.0 Å². The fourth-order valence-corrected chi connectivity index (χ4v) is 1.00. The number of carbonyl (C=O) groups excluding carboxylic acids is 2. The standard InChI is InChI=1S/C11H18O6/c1-4-9(13)16-7-11(5-2,6-12)8-17-10(14)15-3/h4,12H,1,5-8H2,2-3H3. The van der Waals surface area contributed by atoms with E-state index in [0.717, 1.165) is 6.08 Å². The van der Waals surface area contributed by atoms with E-state index in [1.165, 1.54) is 7.11 Å². The third-order valence-electron chi connectivity index (χ3n) is 2.44. The van der Waals surface area contributed by atoms with Crippen molar-refractivity contribution in [2.24, 2.45) is 5.41 Å². The fraction of sp³-hybridized carbons (Fsp3) is 0.636. The van der Waals surface area contributed by atoms with E-state index in [2.05, 4.69) is 11.3 Å². The molecule has 0 fully saturated rings. The van der Waals surface area contributed by atoms with Crippen molar-refractivity contribution in [3.05, 3.63) is 12.7 Å². The molecule has 1 N–H and O–H groups in total. The van der Waals surface area contributed by atoms with Gasteiger partial charge in [0.25, 0.3) is 0 Å². The summed E-state index contributed by atoms with van der Waals surface area (Å²) in [6.45, 7) is 4.64. The lowest BCUT2D eigenvalue weighted by molar-refractivity contribution is -0.144. The van der Waals surface area contributed by atoms with Gasteiger partial charge in [0.1, 0.15) is 13.2 Å². The first-order valence-electron chi connectivity index (χ1n) is 5.14. The van der Waals surface area contributed by atoms with Crippen LogP contribution >= 0.6 is 0 Å². The van der Waals surface area contributed by atoms with E-state index in [4.69, 9.17) is 9.47 Å². The molecular weight excluding hydrogens is 228 g/mol. The predicted octanol–water partition coefficient (Wildman–Crippen LogP) is 0.887. The second kappa shape index (κ2) is 7.67. The first kappa shape index (κ1) is 15.4. The SMILES string of the molecule is C=CC(=O)OCC(CC)(CO)COC(=O)OC. The zero-order chi connectivity index (χ0) is 13.3. The predicted molar refractivity (Wildman–Crippen MR) is 59.3 cm³/mol. The second-order valence-electron chi connectivity index (χ2n) is 3.57. The Bertz CT molecular complexity index is 269. The molecule has 98 valence electrons. The molecule has 17 heavy (non-hydrogen) atoms. The first-order valence-corrected chi connectivity index (χ1v) is 5.14. The summed E-state index contributed by atoms with van der Waals surface area (Å²) >= 11 is 0. The van der Waals surface area contributed by atoms with E-state index < -0.39 is 17.5 Å². The minimum atomic E-state index is -0.841. The smallest absolute Gasteiger partial charge is 0.462 e. The molecule has 1 atom stereocenters. The van der Waals surface area contributed by atoms with Crippen LogP contribution in [0, 0.1) is 5.41 Å². The first-order chi connectivity index (χ1) is 8.03. The van der Waals surface area contributed by atoms with Crippen molar-refractivity contribution < 1.29 is 28.9 Å². The van der Waals surface area contributed by atoms with Crippen LogP contribution in [0.4, 0.5) is 4.79 Å². The molecule has 0 saturated heterocycles. The summed E-state index contributed by atoms with van der Waals surface area (Å²) in [5.74, 6) is -0.589. The molecule has 0 aliphatic heterocycles. The molecule has 0 aromatic heterocycles. The van der Waals surface area contributed by atoms with Crippen molar-refractivity contribution in [1.29, 1.82) is 0 Å². The highest BCUT2D eigenvalue weighted by Crippen LogP contribution is 2.22. The Morgan fingerprint density at radius 3 is 2.35 bits per heavy atom. The van der Waals surface area contributed by atoms with Crippen LogP contribution in [0.15, 0.2) is 12.7 Å². The molecule has 0 aliphatic carbocycles. The molecule has 0 spiro atoms. The third kappa shape index (κ3) is 5.35. The highest BCUT2D eigenvalue weighted by molar-refractivity contribution is 5.81. The van der Waals surface area contributed by atoms with Gasteiger partial charge >= 0.3 is 12.1 Å². The van der Waals surface area contributed by atoms with Gasteiger partial charge in [-0.1, -0.05) is 13.5 Å². The lowest BCUT2D eigenvalue weighted by Crippen LogP contribution is -2.37. The number of rotatable bonds is 7. The van der Waals surface area contributed by atoms with E-state index in [1.807, 2.05) is 0 Å². The number of carbonyl (C=O) groups is 2. The molecule has 0 amide bonds. The largest absolute Gasteiger partial charge is 0.508 e. The van der Waals surface area contributed by atoms with Gasteiger partial charge in [0, 0.05) is 6.08 Å². The molecule has 0 aliphatic rings. The molecule has 0 aromatic carbocycles. The van der Waals surface area contributed by atoms with Gasteiger partial charge in [0.2, 0.25) is 0 Å². The maximum Gasteiger partial charge on any atom is 0.508 e. The van der Waals surface area contributed by atoms with Crippen LogP contribution in [0.3, 0.4) is 0 Å². The average molecular weight is 246 g/mol. The molecule has 0 aromatic rings. The van der Waals surface area contributed by atoms with E-state index in [1.54, 1.807) is 6.92 Å². The van der Waals surface area contributed by atoms with Gasteiger partial charge in [-0.3, -0.25) is 0 Å². The topological polar surface area (TPSA) is 82.1 Å². The molecule has 0 radical (unpaired) electrons. The number of ether oxygens (including phenoxy) is 3. The van der Waals surface area contributed by atoms with Crippen LogP contribution in [-0.4, -0.2) is 44.2 Å². The molecule has 0 saturated carbocycles. The van der Waals surface area contributed by atoms with Crippen molar-refractivity contribution >= 4 is 12.1 Å². The molecular formula is C11H18O6. The Balaban J connectivity index is 4.38. The van der Waals surface area contributed by atoms with Crippen molar-refractivity contribution in [2.45, 2.75) is 13.3 Å². The Morgan fingerprint density at radius 1 is 1.35 bits per heavy atom. The summed E-state index contributed by atoms with van der Waals surface area (Å²) in [5, 5.41) is 9.30. The maximum absolute atomic E-state index is 10.9. The molecule has 0 bridgehead atoms. The van der Waals surface area contributed by atoms with Gasteiger partial charge in [-0.25, -0.2) is 9.59 Å². The van der Waals surface area contributed by atoms with Gasteiger partial charge in [-0.05, 0) is 6.42 Å². The van der Waals surface area contributed by atoms with Crippen LogP contribution in [0.2, 0.25) is 0 Å². The van der Waals surface area contributed by atoms with Crippen molar-refractivity contribution in [1.82, 2.24) is 0 Å². The van der Waals surface area contributed by atoms with Crippen molar-refractivity contribution in [3.63, 3.8) is 0 Å². The lowest BCUT2D eigenvalue weighted by Gasteiger charge is -2.28. The third-order valence-corrected chi connectivity index (χ3v) is 2.44. The average Bonchev–Trinajstić information content (AvgIpc) is 2.38. The van der Waals surface area contributed by atoms with E-state index >= 15 is 0 Å². The normalized spacial score (nSPS) is 13.4. The van der Waals surface area contributed by atoms with Crippen molar-refractivity contribution in [2.75, 3.05) is 26.9 Å². The van der Waals surface area contributed by atoms with Crippen LogP contribution in [0.5, 0.6) is 0 Å². The van der Waals surface area contributed by atoms with E-state index in [9.17, 15) is 14.7 Å². The number of aliphatic hydroxyl groups is 1. The molecule has 1 unspecified atom stereocenters. The maximum atomic E-state index is 10.9. The molecule has 0 rings (SSSR count). The Kier molecular flexibility index (Phi) is 6.97. The highest BCUT2D eigenvalue weighted by atomic mass is 16.7. The van der Waals surface area contributed by atoms with E-state index in [0.29, 0.717) is 6.42 Å². The quantitative estimate of drug-likeness (QED) is 0.530. The van der Waals surface area contributed by atoms with Gasteiger partial charge in [0.15, 0.2) is 0 Å². The van der Waals surface area contributed by atoms with Gasteiger partial charge in [0.05, 0.1) is 19.1 Å². The minimum Gasteiger partial charge on any atom is -0.462 e. The van der Waals surface area contributed by atoms with Gasteiger partial charge in [-0.2, -0.15) is 0 Å². The Morgan fingerprint density at radius 2 is 1.94 bits per heavy atom. The minimum absolute atomic E-state index is 0.0537. The fourth-order valence-electron chi connectivity index (χ4n) is 1.00. The summed E-state index contributed by atoms with van der Waals surface area (Å²) in [7, 11) is 1.19. The van der Waals surface area contributed by atoms with E-state index in [-0.39, 0.29) is 19.8 Å². The zero-order valence-electron chi connectivity index (χ0n) is 10.1. The van der Waals surface area contributed by atoms with Crippen LogP contribution < -0.4 is 0 Å². The highest BCUT2D eigenvalue weighted by Gasteiger charge is 2.31. The zero-order valence-corrected chi connectivity index (χ0v) is 10.1. The van der Waals surface area contributed by atoms with Crippen molar-refractivity contribution in [3.8, 4) is 0 Å². The molecule has 6 nitrogen and oxygen atoms in total. The monoisotopic (exact) mass is 246 g/mol. The van der Waals surface area contributed by atoms with Crippen LogP contribution in [0.25, 0.3) is 0 Å². The number of hydrogen-bond acceptors (Lipinski definition) is 6. The molecule has 6 heteroatoms. The number of methoxy groups -OCH3 is 1. The number of hydrogen-bond donors (Lipinski definition) is 1. The summed E-state index contributed by atoms with van der Waals surface area (Å²) < 4.78 is 13.9. The van der Waals surface area contributed by atoms with Gasteiger partial charge in [-0.15, -0.1) is 0 Å². The second-order valence-corrected chi connectivity index (χ2v) is 3.57. The lowest BCUT2D eigenvalue weighted by atomic mass is 9.88. The van der Waals surface area contributed by atoms with Gasteiger partial charge < -0.3 is 19.3 Å².